The number of amides is 2. The number of urea groups is 1. The minimum absolute atomic E-state index is 0.0623. The van der Waals surface area contributed by atoms with Gasteiger partial charge in [-0.3, -0.25) is 0 Å². The molecule has 0 atom stereocenters. The maximum Gasteiger partial charge on any atom is 0.322 e. The fourth-order valence-electron chi connectivity index (χ4n) is 3.20. The van der Waals surface area contributed by atoms with Crippen molar-refractivity contribution in [3.05, 3.63) is 88.7 Å². The molecular formula is C23H24ClF2N3O2. The summed E-state index contributed by atoms with van der Waals surface area (Å²) in [5.41, 5.74) is 2.13. The van der Waals surface area contributed by atoms with Gasteiger partial charge in [-0.25, -0.2) is 13.6 Å². The van der Waals surface area contributed by atoms with Gasteiger partial charge < -0.3 is 19.5 Å². The van der Waals surface area contributed by atoms with Gasteiger partial charge in [0.05, 0.1) is 11.6 Å². The molecule has 3 rings (SSSR count). The van der Waals surface area contributed by atoms with E-state index in [1.54, 1.807) is 18.1 Å². The van der Waals surface area contributed by atoms with Gasteiger partial charge in [0.15, 0.2) is 0 Å². The first-order valence-electron chi connectivity index (χ1n) is 9.84. The van der Waals surface area contributed by atoms with E-state index in [-0.39, 0.29) is 16.9 Å². The van der Waals surface area contributed by atoms with Crippen LogP contribution in [0.4, 0.5) is 19.3 Å². The van der Waals surface area contributed by atoms with Crippen molar-refractivity contribution in [2.45, 2.75) is 19.5 Å². The Balaban J connectivity index is 1.74. The second-order valence-electron chi connectivity index (χ2n) is 7.08. The van der Waals surface area contributed by atoms with Gasteiger partial charge in [-0.05, 0) is 54.4 Å². The van der Waals surface area contributed by atoms with Crippen LogP contribution in [-0.4, -0.2) is 35.8 Å². The molecule has 0 bridgehead atoms. The summed E-state index contributed by atoms with van der Waals surface area (Å²) in [6.07, 6.45) is 2.55. The first kappa shape index (κ1) is 22.8. The molecule has 31 heavy (non-hydrogen) atoms. The van der Waals surface area contributed by atoms with Gasteiger partial charge in [-0.2, -0.15) is 0 Å². The van der Waals surface area contributed by atoms with E-state index in [1.165, 1.54) is 30.3 Å². The predicted octanol–water partition coefficient (Wildman–Crippen LogP) is 5.54. The van der Waals surface area contributed by atoms with Gasteiger partial charge in [0, 0.05) is 44.4 Å². The Morgan fingerprint density at radius 3 is 2.74 bits per heavy atom. The number of ether oxygens (including phenoxy) is 1. The van der Waals surface area contributed by atoms with Crippen LogP contribution in [0.3, 0.4) is 0 Å². The number of methoxy groups -OCH3 is 1. The molecular weight excluding hydrogens is 424 g/mol. The Hall–Kier alpha value is -2.90. The molecule has 0 spiro atoms. The fraction of sp³-hybridized carbons (Fsp3) is 0.261. The number of hydrogen-bond acceptors (Lipinski definition) is 2. The molecule has 1 N–H and O–H groups in total. The summed E-state index contributed by atoms with van der Waals surface area (Å²) in [5, 5.41) is 2.70. The second kappa shape index (κ2) is 10.9. The highest BCUT2D eigenvalue weighted by Crippen LogP contribution is 2.20. The van der Waals surface area contributed by atoms with Gasteiger partial charge >= 0.3 is 6.03 Å². The van der Waals surface area contributed by atoms with Crippen LogP contribution in [0.25, 0.3) is 0 Å². The Bertz CT molecular complexity index is 1030. The van der Waals surface area contributed by atoms with Gasteiger partial charge in [0.1, 0.15) is 11.6 Å². The number of carbonyl (C=O) groups is 1. The molecule has 1 heterocycles. The molecule has 0 radical (unpaired) electrons. The van der Waals surface area contributed by atoms with E-state index in [1.807, 2.05) is 29.0 Å². The molecule has 0 saturated carbocycles. The quantitative estimate of drug-likeness (QED) is 0.438. The molecule has 2 amide bonds. The largest absolute Gasteiger partial charge is 0.385 e. The summed E-state index contributed by atoms with van der Waals surface area (Å²) in [7, 11) is 1.61. The van der Waals surface area contributed by atoms with E-state index >= 15 is 0 Å². The minimum Gasteiger partial charge on any atom is -0.385 e. The SMILES string of the molecule is COCCCN(Cc1cccn1Cc1cccc(F)c1)C(=O)Nc1ccc(F)c(Cl)c1. The number of hydrogen-bond donors (Lipinski definition) is 1. The number of carbonyl (C=O) groups excluding carboxylic acids is 1. The van der Waals surface area contributed by atoms with Crippen LogP contribution in [0.5, 0.6) is 0 Å². The third kappa shape index (κ3) is 6.54. The van der Waals surface area contributed by atoms with E-state index in [0.717, 1.165) is 11.3 Å². The maximum absolute atomic E-state index is 13.5. The topological polar surface area (TPSA) is 46.5 Å². The van der Waals surface area contributed by atoms with Crippen LogP contribution in [0, 0.1) is 11.6 Å². The van der Waals surface area contributed by atoms with Crippen LogP contribution in [0.15, 0.2) is 60.8 Å². The molecule has 2 aromatic carbocycles. The number of benzene rings is 2. The highest BCUT2D eigenvalue weighted by molar-refractivity contribution is 6.31. The van der Waals surface area contributed by atoms with Crippen molar-refractivity contribution in [1.82, 2.24) is 9.47 Å². The Morgan fingerprint density at radius 2 is 2.00 bits per heavy atom. The lowest BCUT2D eigenvalue weighted by molar-refractivity contribution is 0.171. The number of nitrogens with one attached hydrogen (secondary N) is 1. The highest BCUT2D eigenvalue weighted by atomic mass is 35.5. The first-order chi connectivity index (χ1) is 15.0. The molecule has 0 saturated heterocycles. The van der Waals surface area contributed by atoms with Gasteiger partial charge in [-0.1, -0.05) is 23.7 Å². The van der Waals surface area contributed by atoms with E-state index in [2.05, 4.69) is 5.32 Å². The van der Waals surface area contributed by atoms with Gasteiger partial charge in [-0.15, -0.1) is 0 Å². The Kier molecular flexibility index (Phi) is 8.03. The number of rotatable bonds is 9. The van der Waals surface area contributed by atoms with Crippen LogP contribution >= 0.6 is 11.6 Å². The van der Waals surface area contributed by atoms with Crippen molar-refractivity contribution < 1.29 is 18.3 Å². The standard InChI is InChI=1S/C23H24ClF2N3O2/c1-31-12-4-11-29(23(30)27-19-8-9-22(26)21(24)14-19)16-20-7-3-10-28(20)15-17-5-2-6-18(25)13-17/h2-3,5-10,13-14H,4,11-12,15-16H2,1H3,(H,27,30). The Labute approximate surface area is 185 Å². The highest BCUT2D eigenvalue weighted by Gasteiger charge is 2.17. The zero-order valence-corrected chi connectivity index (χ0v) is 17.9. The third-order valence-electron chi connectivity index (χ3n) is 4.75. The van der Waals surface area contributed by atoms with Crippen molar-refractivity contribution >= 4 is 23.3 Å². The van der Waals surface area contributed by atoms with Gasteiger partial charge in [0.25, 0.3) is 0 Å². The summed E-state index contributed by atoms with van der Waals surface area (Å²) in [6.45, 7) is 1.80. The normalized spacial score (nSPS) is 10.8. The number of nitrogens with zero attached hydrogens (tertiary/aromatic N) is 2. The average molecular weight is 448 g/mol. The Morgan fingerprint density at radius 1 is 1.16 bits per heavy atom. The zero-order valence-electron chi connectivity index (χ0n) is 17.2. The zero-order chi connectivity index (χ0) is 22.2. The number of anilines is 1. The molecule has 0 fully saturated rings. The third-order valence-corrected chi connectivity index (χ3v) is 5.04. The van der Waals surface area contributed by atoms with E-state index in [9.17, 15) is 13.6 Å². The van der Waals surface area contributed by atoms with Crippen molar-refractivity contribution in [3.8, 4) is 0 Å². The van der Waals surface area contributed by atoms with Gasteiger partial charge in [0.2, 0.25) is 0 Å². The lowest BCUT2D eigenvalue weighted by Gasteiger charge is -2.24. The molecule has 0 aliphatic rings. The summed E-state index contributed by atoms with van der Waals surface area (Å²) in [4.78, 5) is 14.6. The van der Waals surface area contributed by atoms with Crippen LogP contribution in [0.2, 0.25) is 5.02 Å². The van der Waals surface area contributed by atoms with Crippen LogP contribution in [-0.2, 0) is 17.8 Å². The lowest BCUT2D eigenvalue weighted by Crippen LogP contribution is -2.36. The summed E-state index contributed by atoms with van der Waals surface area (Å²) >= 11 is 5.82. The van der Waals surface area contributed by atoms with Crippen molar-refractivity contribution in [2.24, 2.45) is 0 Å². The lowest BCUT2D eigenvalue weighted by atomic mass is 10.2. The summed E-state index contributed by atoms with van der Waals surface area (Å²) in [5.74, 6) is -0.837. The monoisotopic (exact) mass is 447 g/mol. The fourth-order valence-corrected chi connectivity index (χ4v) is 3.38. The number of aromatic nitrogens is 1. The van der Waals surface area contributed by atoms with Crippen molar-refractivity contribution in [2.75, 3.05) is 25.6 Å². The molecule has 0 unspecified atom stereocenters. The first-order valence-corrected chi connectivity index (χ1v) is 10.2. The van der Waals surface area contributed by atoms with E-state index in [0.29, 0.717) is 38.3 Å². The van der Waals surface area contributed by atoms with Crippen LogP contribution in [0.1, 0.15) is 17.7 Å². The molecule has 164 valence electrons. The smallest absolute Gasteiger partial charge is 0.322 e. The maximum atomic E-state index is 13.5. The van der Waals surface area contributed by atoms with Crippen molar-refractivity contribution in [3.63, 3.8) is 0 Å². The van der Waals surface area contributed by atoms with E-state index in [4.69, 9.17) is 16.3 Å². The van der Waals surface area contributed by atoms with Crippen LogP contribution < -0.4 is 5.32 Å². The minimum atomic E-state index is -0.549. The average Bonchev–Trinajstić information content (AvgIpc) is 3.16. The molecule has 0 aliphatic heterocycles. The molecule has 5 nitrogen and oxygen atoms in total. The molecule has 8 heteroatoms. The summed E-state index contributed by atoms with van der Waals surface area (Å²) < 4.78 is 34.0. The molecule has 3 aromatic rings. The van der Waals surface area contributed by atoms with Crippen molar-refractivity contribution in [1.29, 1.82) is 0 Å². The molecule has 0 aliphatic carbocycles. The molecule has 1 aromatic heterocycles. The van der Waals surface area contributed by atoms with E-state index < -0.39 is 5.82 Å². The second-order valence-corrected chi connectivity index (χ2v) is 7.49. The summed E-state index contributed by atoms with van der Waals surface area (Å²) in [6, 6.07) is 13.9. The number of halogens is 3. The predicted molar refractivity (Wildman–Crippen MR) is 117 cm³/mol.